The molecule has 0 saturated heterocycles. The van der Waals surface area contributed by atoms with Gasteiger partial charge in [-0.25, -0.2) is 13.1 Å². The molecule has 1 heterocycles. The lowest BCUT2D eigenvalue weighted by molar-refractivity contribution is 0.299. The van der Waals surface area contributed by atoms with Crippen LogP contribution in [0, 0.1) is 0 Å². The maximum atomic E-state index is 12.6. The molecule has 2 aromatic rings. The van der Waals surface area contributed by atoms with Crippen LogP contribution < -0.4 is 9.46 Å². The van der Waals surface area contributed by atoms with Crippen molar-refractivity contribution in [1.29, 1.82) is 0 Å². The van der Waals surface area contributed by atoms with E-state index in [0.717, 1.165) is 29.7 Å². The van der Waals surface area contributed by atoms with E-state index in [4.69, 9.17) is 4.74 Å². The van der Waals surface area contributed by atoms with Crippen LogP contribution in [0.2, 0.25) is 0 Å². The number of nitrogens with one attached hydrogen (secondary N) is 1. The average molecular weight is 375 g/mol. The van der Waals surface area contributed by atoms with E-state index < -0.39 is 10.0 Å². The van der Waals surface area contributed by atoms with Crippen LogP contribution in [0.4, 0.5) is 0 Å². The van der Waals surface area contributed by atoms with Gasteiger partial charge < -0.3 is 9.64 Å². The van der Waals surface area contributed by atoms with Gasteiger partial charge in [0.15, 0.2) is 0 Å². The number of aryl methyl sites for hydroxylation is 1. The van der Waals surface area contributed by atoms with E-state index in [9.17, 15) is 8.42 Å². The third kappa shape index (κ3) is 4.09. The molecular weight excluding hydrogens is 348 g/mol. The van der Waals surface area contributed by atoms with E-state index in [1.807, 2.05) is 50.2 Å². The topological polar surface area (TPSA) is 58.6 Å². The van der Waals surface area contributed by atoms with E-state index in [2.05, 4.69) is 10.8 Å². The molecule has 0 radical (unpaired) electrons. The van der Waals surface area contributed by atoms with Crippen molar-refractivity contribution in [1.82, 2.24) is 9.62 Å². The molecule has 3 rings (SSSR count). The van der Waals surface area contributed by atoms with Gasteiger partial charge in [-0.2, -0.15) is 0 Å². The molecule has 1 aliphatic rings. The van der Waals surface area contributed by atoms with E-state index in [1.54, 1.807) is 12.1 Å². The Hall–Kier alpha value is -1.89. The summed E-state index contributed by atoms with van der Waals surface area (Å²) >= 11 is 0. The molecule has 0 spiro atoms. The number of ether oxygens (including phenoxy) is 1. The average Bonchev–Trinajstić information content (AvgIpc) is 3.09. The molecule has 0 amide bonds. The van der Waals surface area contributed by atoms with Crippen LogP contribution in [-0.4, -0.2) is 40.6 Å². The van der Waals surface area contributed by atoms with Crippen molar-refractivity contribution in [2.24, 2.45) is 0 Å². The predicted octanol–water partition coefficient (Wildman–Crippen LogP) is 2.77. The second-order valence-corrected chi connectivity index (χ2v) is 8.56. The second-order valence-electron chi connectivity index (χ2n) is 6.79. The van der Waals surface area contributed by atoms with Crippen LogP contribution in [0.3, 0.4) is 0 Å². The largest absolute Gasteiger partial charge is 0.493 e. The van der Waals surface area contributed by atoms with E-state index in [1.165, 1.54) is 5.56 Å². The minimum absolute atomic E-state index is 0.0504. The van der Waals surface area contributed by atoms with Gasteiger partial charge in [0, 0.05) is 19.0 Å². The van der Waals surface area contributed by atoms with Gasteiger partial charge in [-0.15, -0.1) is 0 Å². The molecule has 5 nitrogen and oxygen atoms in total. The fraction of sp³-hybridized carbons (Fsp3) is 0.400. The second kappa shape index (κ2) is 7.78. The number of benzene rings is 2. The number of hydrogen-bond acceptors (Lipinski definition) is 4. The Labute approximate surface area is 156 Å². The maximum absolute atomic E-state index is 12.6. The molecule has 1 aliphatic heterocycles. The molecule has 0 aliphatic carbocycles. The quantitative estimate of drug-likeness (QED) is 0.810. The van der Waals surface area contributed by atoms with Crippen LogP contribution in [0.5, 0.6) is 5.75 Å². The number of rotatable bonds is 7. The zero-order chi connectivity index (χ0) is 18.7. The fourth-order valence-electron chi connectivity index (χ4n) is 3.19. The third-order valence-electron chi connectivity index (χ3n) is 4.83. The van der Waals surface area contributed by atoms with E-state index >= 15 is 0 Å². The lowest BCUT2D eigenvalue weighted by atomic mass is 10.0. The summed E-state index contributed by atoms with van der Waals surface area (Å²) in [5.41, 5.74) is 3.39. The molecule has 26 heavy (non-hydrogen) atoms. The van der Waals surface area contributed by atoms with Gasteiger partial charge in [-0.05, 0) is 55.4 Å². The number of likely N-dealkylation sites (N-methyl/N-ethyl adjacent to an activating group) is 1. The van der Waals surface area contributed by atoms with Gasteiger partial charge in [0.05, 0.1) is 11.5 Å². The normalized spacial score (nSPS) is 14.9. The summed E-state index contributed by atoms with van der Waals surface area (Å²) in [6, 6.07) is 13.1. The first-order chi connectivity index (χ1) is 12.4. The SMILES string of the molecule is CCc1ccc(S(=O)(=O)NCC(c2ccc3c(c2)CCO3)N(C)C)cc1. The minimum Gasteiger partial charge on any atom is -0.493 e. The molecule has 0 bridgehead atoms. The van der Waals surface area contributed by atoms with Crippen LogP contribution in [0.15, 0.2) is 47.4 Å². The Morgan fingerprint density at radius 1 is 1.15 bits per heavy atom. The molecule has 140 valence electrons. The lowest BCUT2D eigenvalue weighted by Crippen LogP contribution is -2.34. The fourth-order valence-corrected chi connectivity index (χ4v) is 4.23. The first kappa shape index (κ1) is 18.9. The van der Waals surface area contributed by atoms with Crippen LogP contribution in [0.1, 0.15) is 29.7 Å². The van der Waals surface area contributed by atoms with Crippen molar-refractivity contribution in [3.63, 3.8) is 0 Å². The molecule has 1 atom stereocenters. The van der Waals surface area contributed by atoms with Crippen molar-refractivity contribution in [3.8, 4) is 5.75 Å². The number of fused-ring (bicyclic) bond motifs is 1. The number of nitrogens with zero attached hydrogens (tertiary/aromatic N) is 1. The molecule has 0 saturated carbocycles. The minimum atomic E-state index is -3.53. The summed E-state index contributed by atoms with van der Waals surface area (Å²) < 4.78 is 33.6. The number of hydrogen-bond donors (Lipinski definition) is 1. The van der Waals surface area contributed by atoms with Gasteiger partial charge >= 0.3 is 0 Å². The Morgan fingerprint density at radius 2 is 1.88 bits per heavy atom. The van der Waals surface area contributed by atoms with Crippen molar-refractivity contribution >= 4 is 10.0 Å². The van der Waals surface area contributed by atoms with Crippen molar-refractivity contribution in [3.05, 3.63) is 59.2 Å². The van der Waals surface area contributed by atoms with Gasteiger partial charge in [0.25, 0.3) is 0 Å². The third-order valence-corrected chi connectivity index (χ3v) is 6.27. The Morgan fingerprint density at radius 3 is 2.54 bits per heavy atom. The smallest absolute Gasteiger partial charge is 0.240 e. The molecular formula is C20H26N2O3S. The van der Waals surface area contributed by atoms with Crippen LogP contribution in [0.25, 0.3) is 0 Å². The number of sulfonamides is 1. The molecule has 0 aromatic heterocycles. The highest BCUT2D eigenvalue weighted by Crippen LogP contribution is 2.29. The van der Waals surface area contributed by atoms with Crippen LogP contribution in [-0.2, 0) is 22.9 Å². The highest BCUT2D eigenvalue weighted by molar-refractivity contribution is 7.89. The zero-order valence-electron chi connectivity index (χ0n) is 15.5. The van der Waals surface area contributed by atoms with Gasteiger partial charge in [-0.1, -0.05) is 31.2 Å². The molecule has 6 heteroatoms. The summed E-state index contributed by atoms with van der Waals surface area (Å²) in [5, 5.41) is 0. The molecule has 1 unspecified atom stereocenters. The van der Waals surface area contributed by atoms with Gasteiger partial charge in [0.2, 0.25) is 10.0 Å². The standard InChI is InChI=1S/C20H26N2O3S/c1-4-15-5-8-18(9-6-15)26(23,24)21-14-19(22(2)3)16-7-10-20-17(13-16)11-12-25-20/h5-10,13,19,21H,4,11-12,14H2,1-3H3. The highest BCUT2D eigenvalue weighted by Gasteiger charge is 2.21. The van der Waals surface area contributed by atoms with Crippen molar-refractivity contribution < 1.29 is 13.2 Å². The van der Waals surface area contributed by atoms with E-state index in [0.29, 0.717) is 18.0 Å². The summed E-state index contributed by atoms with van der Waals surface area (Å²) in [7, 11) is 0.379. The molecule has 0 fully saturated rings. The Kier molecular flexibility index (Phi) is 5.65. The predicted molar refractivity (Wildman–Crippen MR) is 103 cm³/mol. The molecule has 2 aromatic carbocycles. The monoisotopic (exact) mass is 374 g/mol. The van der Waals surface area contributed by atoms with Gasteiger partial charge in [0.1, 0.15) is 5.75 Å². The molecule has 1 N–H and O–H groups in total. The van der Waals surface area contributed by atoms with Crippen molar-refractivity contribution in [2.45, 2.75) is 30.7 Å². The first-order valence-corrected chi connectivity index (χ1v) is 10.4. The lowest BCUT2D eigenvalue weighted by Gasteiger charge is -2.25. The Balaban J connectivity index is 1.76. The maximum Gasteiger partial charge on any atom is 0.240 e. The highest BCUT2D eigenvalue weighted by atomic mass is 32.2. The summed E-state index contributed by atoms with van der Waals surface area (Å²) in [5.74, 6) is 0.933. The van der Waals surface area contributed by atoms with Crippen LogP contribution >= 0.6 is 0 Å². The van der Waals surface area contributed by atoms with Gasteiger partial charge in [-0.3, -0.25) is 0 Å². The summed E-state index contributed by atoms with van der Waals surface area (Å²) in [4.78, 5) is 2.33. The first-order valence-electron chi connectivity index (χ1n) is 8.91. The summed E-state index contributed by atoms with van der Waals surface area (Å²) in [6.45, 7) is 3.07. The van der Waals surface area contributed by atoms with E-state index in [-0.39, 0.29) is 6.04 Å². The summed E-state index contributed by atoms with van der Waals surface area (Å²) in [6.07, 6.45) is 1.79. The Bertz CT molecular complexity index is 861. The van der Waals surface area contributed by atoms with Crippen molar-refractivity contribution in [2.75, 3.05) is 27.2 Å². The zero-order valence-corrected chi connectivity index (χ0v) is 16.3.